The molecule has 3 aromatic heterocycles. The van der Waals surface area contributed by atoms with Crippen LogP contribution in [-0.2, 0) is 11.3 Å². The minimum Gasteiger partial charge on any atom is -0.459 e. The normalized spacial score (nSPS) is 14.7. The summed E-state index contributed by atoms with van der Waals surface area (Å²) in [7, 11) is 0. The Morgan fingerprint density at radius 3 is 2.60 bits per heavy atom. The number of benzene rings is 2. The van der Waals surface area contributed by atoms with E-state index in [1.165, 1.54) is 18.0 Å². The molecule has 0 radical (unpaired) electrons. The Labute approximate surface area is 258 Å². The maximum absolute atomic E-state index is 13.7. The van der Waals surface area contributed by atoms with Crippen molar-refractivity contribution in [2.45, 2.75) is 31.1 Å². The van der Waals surface area contributed by atoms with Crippen molar-refractivity contribution in [1.82, 2.24) is 25.1 Å². The van der Waals surface area contributed by atoms with E-state index in [-0.39, 0.29) is 35.9 Å². The van der Waals surface area contributed by atoms with Gasteiger partial charge in [0.25, 0.3) is 11.8 Å². The van der Waals surface area contributed by atoms with Gasteiger partial charge in [-0.15, -0.1) is 21.5 Å². The minimum absolute atomic E-state index is 0.108. The number of aromatic nitrogens is 3. The predicted molar refractivity (Wildman–Crippen MR) is 166 cm³/mol. The highest BCUT2D eigenvalue weighted by atomic mass is 79.9. The van der Waals surface area contributed by atoms with Crippen molar-refractivity contribution in [2.75, 3.05) is 5.75 Å². The molecule has 0 saturated heterocycles. The first kappa shape index (κ1) is 28.1. The van der Waals surface area contributed by atoms with Crippen LogP contribution in [0.15, 0.2) is 104 Å². The number of rotatable bonds is 9. The lowest BCUT2D eigenvalue weighted by atomic mass is 10.00. The lowest BCUT2D eigenvalue weighted by Crippen LogP contribution is -2.28. The Morgan fingerprint density at radius 2 is 1.88 bits per heavy atom. The Bertz CT molecular complexity index is 1720. The molecule has 6 rings (SSSR count). The SMILES string of the molecule is Cc1ccc([C@H]2CC(c3cccs3)=NN2C(=O)CSc2nnc(CNC(=O)c3ccco3)n2-c2ccc(Br)cc2)cc1. The summed E-state index contributed by atoms with van der Waals surface area (Å²) in [5.74, 6) is 0.349. The van der Waals surface area contributed by atoms with Crippen LogP contribution in [0.3, 0.4) is 0 Å². The van der Waals surface area contributed by atoms with Crippen molar-refractivity contribution in [3.8, 4) is 5.69 Å². The molecule has 0 aliphatic carbocycles. The van der Waals surface area contributed by atoms with E-state index in [4.69, 9.17) is 9.52 Å². The lowest BCUT2D eigenvalue weighted by molar-refractivity contribution is -0.130. The van der Waals surface area contributed by atoms with Crippen LogP contribution in [0.2, 0.25) is 0 Å². The van der Waals surface area contributed by atoms with Gasteiger partial charge in [-0.05, 0) is 60.3 Å². The van der Waals surface area contributed by atoms with Gasteiger partial charge in [-0.1, -0.05) is 63.6 Å². The van der Waals surface area contributed by atoms with Crippen LogP contribution in [0, 0.1) is 6.92 Å². The molecule has 1 N–H and O–H groups in total. The molecule has 212 valence electrons. The van der Waals surface area contributed by atoms with E-state index in [0.29, 0.717) is 17.4 Å². The fourth-order valence-corrected chi connectivity index (χ4v) is 6.39. The van der Waals surface area contributed by atoms with Crippen molar-refractivity contribution in [3.05, 3.63) is 117 Å². The zero-order valence-corrected chi connectivity index (χ0v) is 25.7. The third-order valence-corrected chi connectivity index (χ3v) is 9.06. The average molecular weight is 662 g/mol. The molecule has 1 atom stereocenters. The van der Waals surface area contributed by atoms with E-state index in [2.05, 4.69) is 55.7 Å². The first-order chi connectivity index (χ1) is 20.5. The van der Waals surface area contributed by atoms with Crippen LogP contribution in [0.4, 0.5) is 0 Å². The molecule has 1 aliphatic heterocycles. The molecule has 0 spiro atoms. The van der Waals surface area contributed by atoms with Gasteiger partial charge in [0.15, 0.2) is 16.7 Å². The number of carbonyl (C=O) groups excluding carboxylic acids is 2. The van der Waals surface area contributed by atoms with Crippen molar-refractivity contribution in [1.29, 1.82) is 0 Å². The highest BCUT2D eigenvalue weighted by Gasteiger charge is 2.33. The standard InChI is InChI=1S/C30H25BrN6O3S2/c1-19-6-8-20(9-7-19)24-16-23(26-5-3-15-41-26)35-37(24)28(38)18-42-30-34-33-27(17-32-29(39)25-4-2-14-40-25)36(30)22-12-10-21(31)11-13-22/h2-15,24H,16-18H2,1H3,(H,32,39)/t24-/m1/s1. The first-order valence-electron chi connectivity index (χ1n) is 13.1. The molecule has 2 aromatic carbocycles. The van der Waals surface area contributed by atoms with Crippen LogP contribution >= 0.6 is 39.0 Å². The summed E-state index contributed by atoms with van der Waals surface area (Å²) in [5, 5.41) is 20.5. The molecule has 2 amide bonds. The highest BCUT2D eigenvalue weighted by Crippen LogP contribution is 2.35. The number of aryl methyl sites for hydroxylation is 1. The Morgan fingerprint density at radius 1 is 1.07 bits per heavy atom. The maximum Gasteiger partial charge on any atom is 0.287 e. The average Bonchev–Trinajstić information content (AvgIpc) is 3.82. The molecular formula is C30H25BrN6O3S2. The van der Waals surface area contributed by atoms with Crippen molar-refractivity contribution >= 4 is 56.6 Å². The largest absolute Gasteiger partial charge is 0.459 e. The smallest absolute Gasteiger partial charge is 0.287 e. The number of amides is 2. The third-order valence-electron chi connectivity index (χ3n) is 6.70. The summed E-state index contributed by atoms with van der Waals surface area (Å²) in [4.78, 5) is 27.2. The molecule has 5 aromatic rings. The number of nitrogens with one attached hydrogen (secondary N) is 1. The Hall–Kier alpha value is -4.00. The molecule has 4 heterocycles. The van der Waals surface area contributed by atoms with Crippen molar-refractivity contribution in [3.63, 3.8) is 0 Å². The van der Waals surface area contributed by atoms with Gasteiger partial charge in [0, 0.05) is 16.6 Å². The van der Waals surface area contributed by atoms with Gasteiger partial charge >= 0.3 is 0 Å². The number of thioether (sulfide) groups is 1. The van der Waals surface area contributed by atoms with Gasteiger partial charge in [-0.25, -0.2) is 5.01 Å². The van der Waals surface area contributed by atoms with Gasteiger partial charge < -0.3 is 9.73 Å². The number of halogens is 1. The van der Waals surface area contributed by atoms with Crippen LogP contribution < -0.4 is 5.32 Å². The molecule has 1 aliphatic rings. The number of furan rings is 1. The van der Waals surface area contributed by atoms with Crippen molar-refractivity contribution < 1.29 is 14.0 Å². The fraction of sp³-hybridized carbons (Fsp3) is 0.167. The Kier molecular flexibility index (Phi) is 8.36. The number of hydrogen-bond donors (Lipinski definition) is 1. The first-order valence-corrected chi connectivity index (χ1v) is 15.8. The summed E-state index contributed by atoms with van der Waals surface area (Å²) in [6.45, 7) is 2.16. The van der Waals surface area contributed by atoms with Crippen molar-refractivity contribution in [2.24, 2.45) is 5.10 Å². The quantitative estimate of drug-likeness (QED) is 0.184. The summed E-state index contributed by atoms with van der Waals surface area (Å²) >= 11 is 6.38. The number of carbonyl (C=O) groups is 2. The second-order valence-corrected chi connectivity index (χ2v) is 12.4. The van der Waals surface area contributed by atoms with Crippen LogP contribution in [0.25, 0.3) is 5.69 Å². The molecule has 9 nitrogen and oxygen atoms in total. The number of hydrazone groups is 1. The van der Waals surface area contributed by atoms with Crippen LogP contribution in [0.1, 0.15) is 44.8 Å². The van der Waals surface area contributed by atoms with E-state index in [1.807, 2.05) is 53.3 Å². The van der Waals surface area contributed by atoms with Gasteiger partial charge in [0.1, 0.15) is 0 Å². The molecule has 42 heavy (non-hydrogen) atoms. The summed E-state index contributed by atoms with van der Waals surface area (Å²) in [5.41, 5.74) is 3.91. The van der Waals surface area contributed by atoms with Crippen LogP contribution in [0.5, 0.6) is 0 Å². The van der Waals surface area contributed by atoms with E-state index >= 15 is 0 Å². The molecule has 0 bridgehead atoms. The summed E-state index contributed by atoms with van der Waals surface area (Å²) in [6, 6.07) is 23.0. The number of nitrogens with zero attached hydrogens (tertiary/aromatic N) is 5. The third kappa shape index (κ3) is 6.10. The van der Waals surface area contributed by atoms with E-state index in [9.17, 15) is 9.59 Å². The summed E-state index contributed by atoms with van der Waals surface area (Å²) < 4.78 is 7.96. The van der Waals surface area contributed by atoms with Gasteiger partial charge in [-0.2, -0.15) is 5.10 Å². The monoisotopic (exact) mass is 660 g/mol. The zero-order chi connectivity index (χ0) is 29.1. The second-order valence-electron chi connectivity index (χ2n) is 9.55. The lowest BCUT2D eigenvalue weighted by Gasteiger charge is -2.22. The fourth-order valence-electron chi connectivity index (χ4n) is 4.58. The molecule has 12 heteroatoms. The number of thiophene rings is 1. The zero-order valence-electron chi connectivity index (χ0n) is 22.4. The second kappa shape index (κ2) is 12.5. The molecule has 0 unspecified atom stereocenters. The van der Waals surface area contributed by atoms with Gasteiger partial charge in [0.2, 0.25) is 0 Å². The molecular weight excluding hydrogens is 636 g/mol. The summed E-state index contributed by atoms with van der Waals surface area (Å²) in [6.07, 6.45) is 2.09. The predicted octanol–water partition coefficient (Wildman–Crippen LogP) is 6.39. The molecule has 0 fully saturated rings. The molecule has 0 saturated carbocycles. The van der Waals surface area contributed by atoms with Gasteiger partial charge in [-0.3, -0.25) is 14.2 Å². The highest BCUT2D eigenvalue weighted by molar-refractivity contribution is 9.10. The maximum atomic E-state index is 13.7. The van der Waals surface area contributed by atoms with E-state index < -0.39 is 0 Å². The topological polar surface area (TPSA) is 106 Å². The van der Waals surface area contributed by atoms with Crippen LogP contribution in [-0.4, -0.2) is 43.1 Å². The Balaban J connectivity index is 1.24. The van der Waals surface area contributed by atoms with E-state index in [1.54, 1.807) is 28.5 Å². The minimum atomic E-state index is -0.356. The number of hydrogen-bond acceptors (Lipinski definition) is 8. The van der Waals surface area contributed by atoms with E-state index in [0.717, 1.165) is 31.9 Å². The van der Waals surface area contributed by atoms with Gasteiger partial charge in [0.05, 0.1) is 35.2 Å².